The van der Waals surface area contributed by atoms with Crippen molar-refractivity contribution in [2.45, 2.75) is 32.1 Å². The normalized spacial score (nSPS) is 19.9. The van der Waals surface area contributed by atoms with Gasteiger partial charge in [0, 0.05) is 18.7 Å². The van der Waals surface area contributed by atoms with Gasteiger partial charge in [-0.05, 0) is 75.4 Å². The molecule has 2 heterocycles. The van der Waals surface area contributed by atoms with Crippen molar-refractivity contribution in [2.24, 2.45) is 5.92 Å². The van der Waals surface area contributed by atoms with Gasteiger partial charge in [-0.1, -0.05) is 0 Å². The van der Waals surface area contributed by atoms with Crippen LogP contribution >= 0.6 is 0 Å². The van der Waals surface area contributed by atoms with E-state index in [4.69, 9.17) is 4.74 Å². The molecule has 0 radical (unpaired) electrons. The smallest absolute Gasteiger partial charge is 0.253 e. The lowest BCUT2D eigenvalue weighted by Crippen LogP contribution is -2.35. The first-order chi connectivity index (χ1) is 10.8. The molecule has 22 heavy (non-hydrogen) atoms. The molecule has 0 bridgehead atoms. The Hall–Kier alpha value is -1.55. The van der Waals surface area contributed by atoms with Crippen LogP contribution in [-0.2, 0) is 0 Å². The van der Waals surface area contributed by atoms with Crippen LogP contribution in [0.15, 0.2) is 24.3 Å². The Labute approximate surface area is 132 Å². The number of hydrogen-bond acceptors (Lipinski definition) is 3. The summed E-state index contributed by atoms with van der Waals surface area (Å²) in [4.78, 5) is 14.4. The summed E-state index contributed by atoms with van der Waals surface area (Å²) >= 11 is 0. The Kier molecular flexibility index (Phi) is 5.33. The summed E-state index contributed by atoms with van der Waals surface area (Å²) in [6, 6.07) is 7.65. The first kappa shape index (κ1) is 15.3. The monoisotopic (exact) mass is 302 g/mol. The number of carbonyl (C=O) groups is 1. The minimum atomic E-state index is 0.157. The van der Waals surface area contributed by atoms with Crippen molar-refractivity contribution in [2.75, 3.05) is 32.8 Å². The van der Waals surface area contributed by atoms with Gasteiger partial charge in [0.2, 0.25) is 0 Å². The second-order valence-corrected chi connectivity index (χ2v) is 6.38. The predicted octanol–water partition coefficient (Wildman–Crippen LogP) is 2.69. The van der Waals surface area contributed by atoms with Crippen LogP contribution in [0.4, 0.5) is 0 Å². The summed E-state index contributed by atoms with van der Waals surface area (Å²) in [5, 5.41) is 3.37. The average Bonchev–Trinajstić information content (AvgIpc) is 2.61. The predicted molar refractivity (Wildman–Crippen MR) is 87.3 cm³/mol. The lowest BCUT2D eigenvalue weighted by atomic mass is 9.99. The highest BCUT2D eigenvalue weighted by Gasteiger charge is 2.18. The Morgan fingerprint density at radius 2 is 1.77 bits per heavy atom. The first-order valence-corrected chi connectivity index (χ1v) is 8.56. The molecule has 0 unspecified atom stereocenters. The summed E-state index contributed by atoms with van der Waals surface area (Å²) in [5.74, 6) is 1.68. The van der Waals surface area contributed by atoms with E-state index in [9.17, 15) is 4.79 Å². The summed E-state index contributed by atoms with van der Waals surface area (Å²) in [6.07, 6.45) is 5.87. The van der Waals surface area contributed by atoms with Crippen LogP contribution in [0.2, 0.25) is 0 Å². The molecule has 0 saturated carbocycles. The molecule has 2 aliphatic heterocycles. The van der Waals surface area contributed by atoms with Gasteiger partial charge in [-0.2, -0.15) is 0 Å². The topological polar surface area (TPSA) is 41.6 Å². The fourth-order valence-corrected chi connectivity index (χ4v) is 3.24. The van der Waals surface area contributed by atoms with Gasteiger partial charge in [0.1, 0.15) is 5.75 Å². The fraction of sp³-hybridized carbons (Fsp3) is 0.611. The summed E-state index contributed by atoms with van der Waals surface area (Å²) in [7, 11) is 0. The summed E-state index contributed by atoms with van der Waals surface area (Å²) < 4.78 is 5.87. The molecule has 1 aromatic carbocycles. The van der Waals surface area contributed by atoms with Gasteiger partial charge in [0.05, 0.1) is 6.61 Å². The Bertz CT molecular complexity index is 474. The van der Waals surface area contributed by atoms with Crippen molar-refractivity contribution in [3.8, 4) is 5.75 Å². The molecule has 3 rings (SSSR count). The van der Waals surface area contributed by atoms with E-state index in [-0.39, 0.29) is 5.91 Å². The van der Waals surface area contributed by atoms with Gasteiger partial charge >= 0.3 is 0 Å². The van der Waals surface area contributed by atoms with Gasteiger partial charge < -0.3 is 15.0 Å². The Morgan fingerprint density at radius 1 is 1.09 bits per heavy atom. The van der Waals surface area contributed by atoms with E-state index >= 15 is 0 Å². The largest absolute Gasteiger partial charge is 0.493 e. The third-order valence-electron chi connectivity index (χ3n) is 4.69. The number of hydrogen-bond donors (Lipinski definition) is 1. The molecule has 1 amide bonds. The van der Waals surface area contributed by atoms with Crippen LogP contribution in [0.5, 0.6) is 5.75 Å². The van der Waals surface area contributed by atoms with Crippen molar-refractivity contribution < 1.29 is 9.53 Å². The number of nitrogens with zero attached hydrogens (tertiary/aromatic N) is 1. The lowest BCUT2D eigenvalue weighted by Gasteiger charge is -2.26. The van der Waals surface area contributed by atoms with Gasteiger partial charge in [-0.15, -0.1) is 0 Å². The minimum absolute atomic E-state index is 0.157. The summed E-state index contributed by atoms with van der Waals surface area (Å²) in [5.41, 5.74) is 0.774. The molecule has 0 aliphatic carbocycles. The number of piperidine rings is 2. The maximum Gasteiger partial charge on any atom is 0.253 e. The van der Waals surface area contributed by atoms with E-state index in [1.54, 1.807) is 0 Å². The fourth-order valence-electron chi connectivity index (χ4n) is 3.24. The van der Waals surface area contributed by atoms with E-state index in [0.29, 0.717) is 5.92 Å². The summed E-state index contributed by atoms with van der Waals surface area (Å²) in [6.45, 7) is 4.76. The van der Waals surface area contributed by atoms with Gasteiger partial charge in [0.15, 0.2) is 0 Å². The van der Waals surface area contributed by atoms with E-state index in [1.165, 1.54) is 19.3 Å². The van der Waals surface area contributed by atoms with Crippen LogP contribution in [0.3, 0.4) is 0 Å². The van der Waals surface area contributed by atoms with Crippen molar-refractivity contribution >= 4 is 5.91 Å². The van der Waals surface area contributed by atoms with E-state index in [1.807, 2.05) is 29.2 Å². The molecule has 0 aromatic heterocycles. The zero-order valence-electron chi connectivity index (χ0n) is 13.2. The zero-order chi connectivity index (χ0) is 15.2. The lowest BCUT2D eigenvalue weighted by molar-refractivity contribution is 0.0724. The minimum Gasteiger partial charge on any atom is -0.493 e. The number of amides is 1. The third kappa shape index (κ3) is 4.01. The number of ether oxygens (including phenoxy) is 1. The van der Waals surface area contributed by atoms with Crippen molar-refractivity contribution in [1.29, 1.82) is 0 Å². The van der Waals surface area contributed by atoms with Crippen LogP contribution in [-0.4, -0.2) is 43.6 Å². The highest BCUT2D eigenvalue weighted by molar-refractivity contribution is 5.94. The van der Waals surface area contributed by atoms with Gasteiger partial charge in [-0.3, -0.25) is 4.79 Å². The molecule has 4 heteroatoms. The second-order valence-electron chi connectivity index (χ2n) is 6.38. The highest BCUT2D eigenvalue weighted by Crippen LogP contribution is 2.19. The standard InChI is InChI=1S/C18H26N2O2/c21-18(20-12-2-1-3-13-20)16-4-6-17(7-5-16)22-14-15-8-10-19-11-9-15/h4-7,15,19H,1-3,8-14H2. The third-order valence-corrected chi connectivity index (χ3v) is 4.69. The molecule has 2 aliphatic rings. The molecule has 0 atom stereocenters. The number of likely N-dealkylation sites (tertiary alicyclic amines) is 1. The molecule has 120 valence electrons. The molecule has 1 N–H and O–H groups in total. The van der Waals surface area contributed by atoms with E-state index < -0.39 is 0 Å². The molecule has 2 saturated heterocycles. The molecule has 1 aromatic rings. The number of benzene rings is 1. The SMILES string of the molecule is O=C(c1ccc(OCC2CCNCC2)cc1)N1CCCCC1. The molecule has 4 nitrogen and oxygen atoms in total. The highest BCUT2D eigenvalue weighted by atomic mass is 16.5. The van der Waals surface area contributed by atoms with E-state index in [0.717, 1.165) is 56.9 Å². The van der Waals surface area contributed by atoms with Crippen molar-refractivity contribution in [3.05, 3.63) is 29.8 Å². The number of rotatable bonds is 4. The molecule has 2 fully saturated rings. The van der Waals surface area contributed by atoms with Gasteiger partial charge in [0.25, 0.3) is 5.91 Å². The number of carbonyl (C=O) groups excluding carboxylic acids is 1. The second kappa shape index (κ2) is 7.63. The molecular formula is C18H26N2O2. The van der Waals surface area contributed by atoms with Crippen molar-refractivity contribution in [3.63, 3.8) is 0 Å². The Balaban J connectivity index is 1.51. The van der Waals surface area contributed by atoms with Gasteiger partial charge in [-0.25, -0.2) is 0 Å². The maximum atomic E-state index is 12.4. The van der Waals surface area contributed by atoms with Crippen molar-refractivity contribution in [1.82, 2.24) is 10.2 Å². The van der Waals surface area contributed by atoms with Crippen LogP contribution in [0.1, 0.15) is 42.5 Å². The van der Waals surface area contributed by atoms with Crippen LogP contribution < -0.4 is 10.1 Å². The molecule has 0 spiro atoms. The first-order valence-electron chi connectivity index (χ1n) is 8.56. The maximum absolute atomic E-state index is 12.4. The van der Waals surface area contributed by atoms with Crippen LogP contribution in [0, 0.1) is 5.92 Å². The quantitative estimate of drug-likeness (QED) is 0.930. The molecular weight excluding hydrogens is 276 g/mol. The van der Waals surface area contributed by atoms with E-state index in [2.05, 4.69) is 5.32 Å². The Morgan fingerprint density at radius 3 is 2.45 bits per heavy atom. The zero-order valence-corrected chi connectivity index (χ0v) is 13.2. The van der Waals surface area contributed by atoms with Crippen LogP contribution in [0.25, 0.3) is 0 Å². The number of nitrogens with one attached hydrogen (secondary N) is 1. The average molecular weight is 302 g/mol.